The van der Waals surface area contributed by atoms with E-state index in [2.05, 4.69) is 15.6 Å². The van der Waals surface area contributed by atoms with Gasteiger partial charge in [-0.25, -0.2) is 4.98 Å². The van der Waals surface area contributed by atoms with Gasteiger partial charge >= 0.3 is 0 Å². The molecule has 1 aromatic carbocycles. The van der Waals surface area contributed by atoms with Crippen molar-refractivity contribution in [2.24, 2.45) is 5.92 Å². The number of nitrogens with zero attached hydrogens (tertiary/aromatic N) is 1. The van der Waals surface area contributed by atoms with Gasteiger partial charge in [0.1, 0.15) is 6.04 Å². The molecule has 0 saturated heterocycles. The fourth-order valence-corrected chi connectivity index (χ4v) is 4.07. The monoisotopic (exact) mass is 399 g/mol. The van der Waals surface area contributed by atoms with Gasteiger partial charge in [0, 0.05) is 5.38 Å². The molecule has 0 aliphatic heterocycles. The van der Waals surface area contributed by atoms with E-state index in [9.17, 15) is 9.59 Å². The molecule has 0 aliphatic rings. The van der Waals surface area contributed by atoms with Crippen molar-refractivity contribution in [2.75, 3.05) is 5.32 Å². The summed E-state index contributed by atoms with van der Waals surface area (Å²) in [6.07, 6.45) is 0.247. The molecule has 27 heavy (non-hydrogen) atoms. The Hall–Kier alpha value is -2.51. The second-order valence-corrected chi connectivity index (χ2v) is 8.26. The second kappa shape index (κ2) is 8.92. The Kier molecular flexibility index (Phi) is 6.36. The first-order valence-corrected chi connectivity index (χ1v) is 10.4. The molecule has 2 heterocycles. The maximum atomic E-state index is 12.7. The lowest BCUT2D eigenvalue weighted by Crippen LogP contribution is -2.47. The number of nitrogens with one attached hydrogen (secondary N) is 2. The van der Waals surface area contributed by atoms with Crippen LogP contribution in [-0.4, -0.2) is 22.8 Å². The molecule has 0 spiro atoms. The Bertz CT molecular complexity index is 889. The van der Waals surface area contributed by atoms with Gasteiger partial charge in [-0.2, -0.15) is 0 Å². The second-order valence-electron chi connectivity index (χ2n) is 6.46. The van der Waals surface area contributed by atoms with E-state index in [1.807, 2.05) is 67.1 Å². The highest BCUT2D eigenvalue weighted by atomic mass is 32.1. The summed E-state index contributed by atoms with van der Waals surface area (Å²) >= 11 is 2.98. The molecular formula is C20H21N3O2S2. The third-order valence-electron chi connectivity index (χ3n) is 3.98. The predicted molar refractivity (Wildman–Crippen MR) is 111 cm³/mol. The van der Waals surface area contributed by atoms with Gasteiger partial charge in [-0.05, 0) is 22.9 Å². The van der Waals surface area contributed by atoms with E-state index in [1.165, 1.54) is 11.3 Å². The highest BCUT2D eigenvalue weighted by molar-refractivity contribution is 7.16. The summed E-state index contributed by atoms with van der Waals surface area (Å²) in [5, 5.41) is 10.1. The van der Waals surface area contributed by atoms with E-state index in [0.29, 0.717) is 5.13 Å². The molecular weight excluding hydrogens is 378 g/mol. The molecule has 5 nitrogen and oxygen atoms in total. The lowest BCUT2D eigenvalue weighted by Gasteiger charge is -2.21. The number of benzene rings is 1. The summed E-state index contributed by atoms with van der Waals surface area (Å²) in [7, 11) is 0. The summed E-state index contributed by atoms with van der Waals surface area (Å²) in [4.78, 5) is 30.5. The number of carbonyl (C=O) groups excluding carboxylic acids is 2. The average molecular weight is 400 g/mol. The van der Waals surface area contributed by atoms with Crippen LogP contribution >= 0.6 is 22.7 Å². The molecule has 140 valence electrons. The summed E-state index contributed by atoms with van der Waals surface area (Å²) < 4.78 is 0. The third kappa shape index (κ3) is 5.24. The SMILES string of the molecule is CC(C)[C@@H](NC(=O)Cc1ccccc1)C(=O)Nc1nc(-c2cccs2)cs1. The highest BCUT2D eigenvalue weighted by Crippen LogP contribution is 2.28. The number of aromatic nitrogens is 1. The largest absolute Gasteiger partial charge is 0.344 e. The number of rotatable bonds is 7. The van der Waals surface area contributed by atoms with Gasteiger partial charge in [0.25, 0.3) is 0 Å². The van der Waals surface area contributed by atoms with E-state index in [1.54, 1.807) is 11.3 Å². The van der Waals surface area contributed by atoms with Gasteiger partial charge < -0.3 is 10.6 Å². The molecule has 3 aromatic rings. The minimum Gasteiger partial charge on any atom is -0.344 e. The molecule has 1 atom stereocenters. The van der Waals surface area contributed by atoms with Crippen molar-refractivity contribution in [3.63, 3.8) is 0 Å². The Morgan fingerprint density at radius 3 is 2.52 bits per heavy atom. The van der Waals surface area contributed by atoms with Crippen LogP contribution < -0.4 is 10.6 Å². The lowest BCUT2D eigenvalue weighted by atomic mass is 10.0. The number of carbonyl (C=O) groups is 2. The fourth-order valence-electron chi connectivity index (χ4n) is 2.59. The van der Waals surface area contributed by atoms with Crippen LogP contribution in [0.2, 0.25) is 0 Å². The minimum atomic E-state index is -0.615. The lowest BCUT2D eigenvalue weighted by molar-refractivity contribution is -0.127. The molecule has 2 amide bonds. The number of thiazole rings is 1. The Balaban J connectivity index is 1.62. The fraction of sp³-hybridized carbons (Fsp3) is 0.250. The van der Waals surface area contributed by atoms with Gasteiger partial charge in [-0.1, -0.05) is 50.2 Å². The van der Waals surface area contributed by atoms with Gasteiger partial charge in [0.15, 0.2) is 5.13 Å². The van der Waals surface area contributed by atoms with Crippen LogP contribution in [0, 0.1) is 5.92 Å². The van der Waals surface area contributed by atoms with E-state index >= 15 is 0 Å². The first kappa shape index (κ1) is 19.3. The van der Waals surface area contributed by atoms with Crippen molar-refractivity contribution in [3.8, 4) is 10.6 Å². The first-order valence-electron chi connectivity index (χ1n) is 8.66. The number of hydrogen-bond donors (Lipinski definition) is 2. The highest BCUT2D eigenvalue weighted by Gasteiger charge is 2.25. The summed E-state index contributed by atoms with van der Waals surface area (Å²) in [6, 6.07) is 12.8. The Morgan fingerprint density at radius 2 is 1.85 bits per heavy atom. The minimum absolute atomic E-state index is 0.0403. The van der Waals surface area contributed by atoms with Gasteiger partial charge in [-0.3, -0.25) is 9.59 Å². The van der Waals surface area contributed by atoms with Crippen molar-refractivity contribution < 1.29 is 9.59 Å². The number of anilines is 1. The zero-order chi connectivity index (χ0) is 19.2. The maximum Gasteiger partial charge on any atom is 0.248 e. The molecule has 0 fully saturated rings. The molecule has 0 aliphatic carbocycles. The normalized spacial score (nSPS) is 12.0. The summed E-state index contributed by atoms with van der Waals surface area (Å²) in [6.45, 7) is 3.82. The van der Waals surface area contributed by atoms with Crippen molar-refractivity contribution >= 4 is 39.6 Å². The van der Waals surface area contributed by atoms with Crippen molar-refractivity contribution in [1.29, 1.82) is 0 Å². The van der Waals surface area contributed by atoms with Crippen LogP contribution in [0.3, 0.4) is 0 Å². The quantitative estimate of drug-likeness (QED) is 0.626. The Morgan fingerprint density at radius 1 is 1.07 bits per heavy atom. The predicted octanol–water partition coefficient (Wildman–Crippen LogP) is 4.19. The number of amides is 2. The van der Waals surface area contributed by atoms with Crippen LogP contribution in [0.4, 0.5) is 5.13 Å². The average Bonchev–Trinajstić information content (AvgIpc) is 3.31. The van der Waals surface area contributed by atoms with Crippen LogP contribution in [0.15, 0.2) is 53.2 Å². The van der Waals surface area contributed by atoms with E-state index in [4.69, 9.17) is 0 Å². The van der Waals surface area contributed by atoms with Crippen molar-refractivity contribution in [3.05, 3.63) is 58.8 Å². The van der Waals surface area contributed by atoms with Crippen LogP contribution in [-0.2, 0) is 16.0 Å². The van der Waals surface area contributed by atoms with Gasteiger partial charge in [0.05, 0.1) is 17.0 Å². The van der Waals surface area contributed by atoms with Crippen LogP contribution in [0.25, 0.3) is 10.6 Å². The number of thiophene rings is 1. The molecule has 0 radical (unpaired) electrons. The van der Waals surface area contributed by atoms with Crippen molar-refractivity contribution in [1.82, 2.24) is 10.3 Å². The number of hydrogen-bond acceptors (Lipinski definition) is 5. The third-order valence-corrected chi connectivity index (χ3v) is 5.63. The molecule has 0 saturated carbocycles. The standard InChI is InChI=1S/C20H21N3O2S2/c1-13(2)18(22-17(24)11-14-7-4-3-5-8-14)19(25)23-20-21-15(12-27-20)16-9-6-10-26-16/h3-10,12-13,18H,11H2,1-2H3,(H,22,24)(H,21,23,25)/t18-/m1/s1. The zero-order valence-electron chi connectivity index (χ0n) is 15.1. The van der Waals surface area contributed by atoms with Crippen LogP contribution in [0.1, 0.15) is 19.4 Å². The summed E-state index contributed by atoms with van der Waals surface area (Å²) in [5.41, 5.74) is 1.76. The smallest absolute Gasteiger partial charge is 0.248 e. The zero-order valence-corrected chi connectivity index (χ0v) is 16.8. The molecule has 0 bridgehead atoms. The van der Waals surface area contributed by atoms with Gasteiger partial charge in [0.2, 0.25) is 11.8 Å². The van der Waals surface area contributed by atoms with Gasteiger partial charge in [-0.15, -0.1) is 22.7 Å². The van der Waals surface area contributed by atoms with E-state index < -0.39 is 6.04 Å². The topological polar surface area (TPSA) is 71.1 Å². The summed E-state index contributed by atoms with van der Waals surface area (Å²) in [5.74, 6) is -0.464. The van der Waals surface area contributed by atoms with Crippen molar-refractivity contribution in [2.45, 2.75) is 26.3 Å². The molecule has 0 unspecified atom stereocenters. The molecule has 7 heteroatoms. The van der Waals surface area contributed by atoms with E-state index in [0.717, 1.165) is 16.1 Å². The van der Waals surface area contributed by atoms with E-state index in [-0.39, 0.29) is 24.2 Å². The first-order chi connectivity index (χ1) is 13.0. The molecule has 2 N–H and O–H groups in total. The maximum absolute atomic E-state index is 12.7. The van der Waals surface area contributed by atoms with Crippen LogP contribution in [0.5, 0.6) is 0 Å². The molecule has 2 aromatic heterocycles. The molecule has 3 rings (SSSR count). The Labute approximate surface area is 166 Å².